The fourth-order valence-electron chi connectivity index (χ4n) is 4.88. The Morgan fingerprint density at radius 1 is 0.661 bits per heavy atom. The van der Waals surface area contributed by atoms with Gasteiger partial charge in [0.1, 0.15) is 37.4 Å². The van der Waals surface area contributed by atoms with Gasteiger partial charge in [0, 0.05) is 5.69 Å². The summed E-state index contributed by atoms with van der Waals surface area (Å²) in [6, 6.07) is 8.38. The van der Waals surface area contributed by atoms with Gasteiger partial charge in [-0.1, -0.05) is 12.1 Å². The number of anilines is 3. The van der Waals surface area contributed by atoms with Gasteiger partial charge in [0.2, 0.25) is 16.5 Å². The molecule has 32 heteroatoms. The Morgan fingerprint density at radius 2 is 1.20 bits per heavy atom. The summed E-state index contributed by atoms with van der Waals surface area (Å²) in [7, 11) is -25.4. The smallest absolute Gasteiger partial charge is 0.397 e. The maximum atomic E-state index is 13.0. The predicted molar refractivity (Wildman–Crippen MR) is 203 cm³/mol. The lowest BCUT2D eigenvalue weighted by Crippen LogP contribution is -2.15. The number of nitrogen functional groups attached to an aromatic ring is 1. The molecule has 0 aliphatic carbocycles. The SMILES string of the molecule is Nc1c(N=Nc2ccccc2S(=O)(=O)CCOS(=O)(=O)O)c(S(=O)(=O)O)cc2cc(S(=O)(=O)O)c(N=Nc3cc(Nc4nc(Cl)nc(Cl)n4)ccc3S(=O)(=O)O)c(O)c12. The van der Waals surface area contributed by atoms with Crippen molar-refractivity contribution in [3.05, 3.63) is 65.2 Å². The lowest BCUT2D eigenvalue weighted by Gasteiger charge is -2.14. The van der Waals surface area contributed by atoms with Crippen LogP contribution in [0.4, 0.5) is 40.1 Å². The molecule has 0 saturated carbocycles. The Balaban J connectivity index is 1.70. The maximum Gasteiger partial charge on any atom is 0.397 e. The number of rotatable bonds is 14. The molecule has 1 aromatic heterocycles. The number of phenols is 1. The molecule has 0 aliphatic heterocycles. The van der Waals surface area contributed by atoms with Crippen LogP contribution in [-0.2, 0) is 54.8 Å². The number of nitrogens with two attached hydrogens (primary N) is 1. The van der Waals surface area contributed by atoms with Gasteiger partial charge < -0.3 is 16.2 Å². The van der Waals surface area contributed by atoms with E-state index in [1.807, 2.05) is 0 Å². The van der Waals surface area contributed by atoms with Gasteiger partial charge in [-0.15, -0.1) is 20.5 Å². The van der Waals surface area contributed by atoms with Gasteiger partial charge in [0.15, 0.2) is 15.6 Å². The molecule has 0 bridgehead atoms. The van der Waals surface area contributed by atoms with Crippen LogP contribution in [0.1, 0.15) is 0 Å². The van der Waals surface area contributed by atoms with E-state index < -0.39 is 127 Å². The number of nitrogens with one attached hydrogen (secondary N) is 1. The molecule has 0 radical (unpaired) electrons. The third-order valence-corrected chi connectivity index (χ3v) is 12.4. The largest absolute Gasteiger partial charge is 0.505 e. The first kappa shape index (κ1) is 45.0. The van der Waals surface area contributed by atoms with Crippen molar-refractivity contribution in [2.45, 2.75) is 19.6 Å². The second-order valence-corrected chi connectivity index (χ2v) is 19.2. The van der Waals surface area contributed by atoms with Crippen LogP contribution in [0.3, 0.4) is 0 Å². The Morgan fingerprint density at radius 3 is 1.78 bits per heavy atom. The van der Waals surface area contributed by atoms with Gasteiger partial charge in [0.05, 0.1) is 28.3 Å². The highest BCUT2D eigenvalue weighted by molar-refractivity contribution is 7.91. The molecule has 8 N–H and O–H groups in total. The molecule has 4 aromatic carbocycles. The fraction of sp³-hybridized carbons (Fsp3) is 0.0741. The minimum atomic E-state index is -5.45. The van der Waals surface area contributed by atoms with Crippen molar-refractivity contribution in [3.63, 3.8) is 0 Å². The summed E-state index contributed by atoms with van der Waals surface area (Å²) in [5.41, 5.74) is 1.83. The molecule has 1 heterocycles. The Labute approximate surface area is 341 Å². The first-order valence-corrected chi connectivity index (χ1v) is 23.0. The number of fused-ring (bicyclic) bond motifs is 1. The number of hydrogen-bond acceptors (Lipinski definition) is 21. The van der Waals surface area contributed by atoms with E-state index in [2.05, 4.69) is 44.9 Å². The van der Waals surface area contributed by atoms with Crippen molar-refractivity contribution >= 4 is 125 Å². The van der Waals surface area contributed by atoms with Crippen molar-refractivity contribution < 1.29 is 69.6 Å². The summed E-state index contributed by atoms with van der Waals surface area (Å²) < 4.78 is 165. The van der Waals surface area contributed by atoms with Crippen LogP contribution in [0.5, 0.6) is 5.75 Å². The number of nitrogens with zero attached hydrogens (tertiary/aromatic N) is 7. The van der Waals surface area contributed by atoms with Crippen LogP contribution in [-0.4, -0.2) is 92.7 Å². The van der Waals surface area contributed by atoms with Crippen molar-refractivity contribution in [2.75, 3.05) is 23.4 Å². The van der Waals surface area contributed by atoms with E-state index in [0.29, 0.717) is 12.1 Å². The van der Waals surface area contributed by atoms with Crippen molar-refractivity contribution in [2.24, 2.45) is 20.5 Å². The average Bonchev–Trinajstić information content (AvgIpc) is 3.08. The summed E-state index contributed by atoms with van der Waals surface area (Å²) in [6.07, 6.45) is 0. The highest BCUT2D eigenvalue weighted by Crippen LogP contribution is 2.48. The van der Waals surface area contributed by atoms with Gasteiger partial charge in [-0.2, -0.15) is 48.6 Å². The van der Waals surface area contributed by atoms with E-state index in [-0.39, 0.29) is 22.2 Å². The zero-order valence-corrected chi connectivity index (χ0v) is 33.9. The number of aromatic nitrogens is 3. The third-order valence-electron chi connectivity index (χ3n) is 7.24. The van der Waals surface area contributed by atoms with E-state index in [1.165, 1.54) is 12.1 Å². The van der Waals surface area contributed by atoms with E-state index >= 15 is 0 Å². The van der Waals surface area contributed by atoms with E-state index in [4.69, 9.17) is 33.5 Å². The van der Waals surface area contributed by atoms with Crippen LogP contribution < -0.4 is 11.1 Å². The molecule has 25 nitrogen and oxygen atoms in total. The van der Waals surface area contributed by atoms with Crippen molar-refractivity contribution in [3.8, 4) is 5.75 Å². The summed E-state index contributed by atoms with van der Waals surface area (Å²) >= 11 is 11.5. The number of phenolic OH excluding ortho intramolecular Hbond substituents is 1. The summed E-state index contributed by atoms with van der Waals surface area (Å²) in [6.45, 7) is -1.04. The predicted octanol–water partition coefficient (Wildman–Crippen LogP) is 4.53. The van der Waals surface area contributed by atoms with E-state index in [1.54, 1.807) is 0 Å². The van der Waals surface area contributed by atoms with Gasteiger partial charge in [-0.3, -0.25) is 18.2 Å². The van der Waals surface area contributed by atoms with Crippen molar-refractivity contribution in [1.29, 1.82) is 0 Å². The van der Waals surface area contributed by atoms with Crippen molar-refractivity contribution in [1.82, 2.24) is 15.0 Å². The van der Waals surface area contributed by atoms with Gasteiger partial charge in [-0.05, 0) is 71.1 Å². The summed E-state index contributed by atoms with van der Waals surface area (Å²) in [4.78, 5) is 7.07. The highest BCUT2D eigenvalue weighted by Gasteiger charge is 2.29. The highest BCUT2D eigenvalue weighted by atomic mass is 35.5. The minimum Gasteiger partial charge on any atom is -0.505 e. The Bertz CT molecular complexity index is 3170. The van der Waals surface area contributed by atoms with Gasteiger partial charge >= 0.3 is 10.4 Å². The molecule has 314 valence electrons. The monoisotopic (exact) mass is 957 g/mol. The standard InChI is InChI=1S/C27H21Cl2N9O16S5/c28-25-32-26(29)34-27(33-25)31-13-5-6-17(56(42,43)44)15(11-13)36-38-23-19(58(48,49)50)10-12-9-18(57(45,46)47)22(21(30)20(12)24(23)39)37-35-14-3-1-2-4-16(14)55(40,41)8-7-54-59(51,52)53/h1-6,9-11,39H,7-8,30H2,(H,42,43,44)(H,45,46,47)(H,48,49,50)(H,51,52,53)(H,31,32,33,34). The molecule has 0 spiro atoms. The molecule has 5 aromatic rings. The summed E-state index contributed by atoms with van der Waals surface area (Å²) in [5.74, 6) is -2.57. The first-order chi connectivity index (χ1) is 27.2. The molecule has 0 aliphatic rings. The fourth-order valence-corrected chi connectivity index (χ4v) is 8.81. The normalized spacial score (nSPS) is 13.1. The topological polar surface area (TPSA) is 407 Å². The molecule has 5 rings (SSSR count). The number of halogens is 2. The minimum absolute atomic E-state index is 0.0692. The quantitative estimate of drug-likeness (QED) is 0.0456. The molecule has 59 heavy (non-hydrogen) atoms. The molecule has 0 unspecified atom stereocenters. The lowest BCUT2D eigenvalue weighted by atomic mass is 10.1. The van der Waals surface area contributed by atoms with E-state index in [0.717, 1.165) is 30.3 Å². The molecule has 0 fully saturated rings. The molecule has 0 saturated heterocycles. The lowest BCUT2D eigenvalue weighted by molar-refractivity contribution is 0.284. The van der Waals surface area contributed by atoms with Gasteiger partial charge in [-0.25, -0.2) is 12.6 Å². The van der Waals surface area contributed by atoms with Crippen LogP contribution in [0.2, 0.25) is 10.6 Å². The molecule has 0 amide bonds. The number of azo groups is 2. The van der Waals surface area contributed by atoms with Crippen LogP contribution in [0.25, 0.3) is 10.8 Å². The number of aromatic hydroxyl groups is 1. The van der Waals surface area contributed by atoms with Crippen LogP contribution in [0.15, 0.2) is 94.6 Å². The zero-order chi connectivity index (χ0) is 43.9. The Kier molecular flexibility index (Phi) is 12.6. The zero-order valence-electron chi connectivity index (χ0n) is 28.3. The Hall–Kier alpha value is -5.12. The van der Waals surface area contributed by atoms with Crippen LogP contribution in [0, 0.1) is 0 Å². The summed E-state index contributed by atoms with van der Waals surface area (Å²) in [5, 5.41) is 26.6. The second kappa shape index (κ2) is 16.5. The first-order valence-electron chi connectivity index (χ1n) is 15.0. The number of hydrogen-bond donors (Lipinski definition) is 7. The maximum absolute atomic E-state index is 13.0. The number of sulfone groups is 1. The van der Waals surface area contributed by atoms with E-state index in [9.17, 15) is 60.9 Å². The second-order valence-electron chi connectivity index (χ2n) is 11.2. The molecular formula is C27H21Cl2N9O16S5. The number of benzene rings is 4. The molecular weight excluding hydrogens is 938 g/mol. The third kappa shape index (κ3) is 10.7. The average molecular weight is 959 g/mol. The van der Waals surface area contributed by atoms with Gasteiger partial charge in [0.25, 0.3) is 30.4 Å². The molecule has 0 atom stereocenters. The van der Waals surface area contributed by atoms with Crippen LogP contribution >= 0.6 is 23.2 Å².